The zero-order valence-electron chi connectivity index (χ0n) is 10.1. The van der Waals surface area contributed by atoms with E-state index in [4.69, 9.17) is 16.3 Å². The van der Waals surface area contributed by atoms with Crippen LogP contribution in [0.5, 0.6) is 5.75 Å². The zero-order valence-corrected chi connectivity index (χ0v) is 10.9. The highest BCUT2D eigenvalue weighted by Crippen LogP contribution is 2.27. The Labute approximate surface area is 116 Å². The predicted octanol–water partition coefficient (Wildman–Crippen LogP) is 4.00. The summed E-state index contributed by atoms with van der Waals surface area (Å²) in [4.78, 5) is 12.3. The van der Waals surface area contributed by atoms with Crippen LogP contribution in [-0.4, -0.2) is 12.4 Å². The first-order valence-electron chi connectivity index (χ1n) is 5.97. The van der Waals surface area contributed by atoms with Crippen molar-refractivity contribution in [2.75, 3.05) is 6.61 Å². The van der Waals surface area contributed by atoms with Gasteiger partial charge in [0.25, 0.3) is 0 Å². The first-order chi connectivity index (χ1) is 9.24. The normalized spacial score (nSPS) is 16.1. The third-order valence-corrected chi connectivity index (χ3v) is 3.23. The summed E-state index contributed by atoms with van der Waals surface area (Å²) in [7, 11) is 0. The SMILES string of the molecule is O=C1C(=Cc2cccc(Cl)c2)COc2ccccc21. The first kappa shape index (κ1) is 12.0. The molecule has 0 N–H and O–H groups in total. The molecular formula is C16H11ClO2. The van der Waals surface area contributed by atoms with Crippen molar-refractivity contribution in [3.63, 3.8) is 0 Å². The number of halogens is 1. The van der Waals surface area contributed by atoms with Gasteiger partial charge in [-0.25, -0.2) is 0 Å². The number of para-hydroxylation sites is 1. The van der Waals surface area contributed by atoms with E-state index in [0.29, 0.717) is 28.5 Å². The predicted molar refractivity (Wildman–Crippen MR) is 75.7 cm³/mol. The van der Waals surface area contributed by atoms with E-state index in [1.165, 1.54) is 0 Å². The second kappa shape index (κ2) is 4.90. The van der Waals surface area contributed by atoms with Crippen LogP contribution in [0.4, 0.5) is 0 Å². The molecule has 0 aromatic heterocycles. The van der Waals surface area contributed by atoms with Crippen LogP contribution in [0.25, 0.3) is 6.08 Å². The number of carbonyl (C=O) groups is 1. The number of hydrogen-bond donors (Lipinski definition) is 0. The lowest BCUT2D eigenvalue weighted by molar-refractivity contribution is 0.100. The molecule has 1 aliphatic rings. The minimum atomic E-state index is 0.0156. The molecule has 94 valence electrons. The number of fused-ring (bicyclic) bond motifs is 1. The number of Topliss-reactive ketones (excluding diaryl/α,β-unsaturated/α-hetero) is 1. The Balaban J connectivity index is 1.98. The van der Waals surface area contributed by atoms with Gasteiger partial charge >= 0.3 is 0 Å². The van der Waals surface area contributed by atoms with Crippen LogP contribution in [0.3, 0.4) is 0 Å². The van der Waals surface area contributed by atoms with E-state index in [9.17, 15) is 4.79 Å². The molecule has 0 unspecified atom stereocenters. The highest BCUT2D eigenvalue weighted by Gasteiger charge is 2.22. The average molecular weight is 271 g/mol. The van der Waals surface area contributed by atoms with Gasteiger partial charge in [0.1, 0.15) is 12.4 Å². The Kier molecular flexibility index (Phi) is 3.10. The van der Waals surface area contributed by atoms with Gasteiger partial charge in [0, 0.05) is 10.6 Å². The molecule has 2 nitrogen and oxygen atoms in total. The number of ether oxygens (including phenoxy) is 1. The van der Waals surface area contributed by atoms with Gasteiger partial charge in [-0.15, -0.1) is 0 Å². The average Bonchev–Trinajstić information content (AvgIpc) is 2.42. The van der Waals surface area contributed by atoms with E-state index < -0.39 is 0 Å². The summed E-state index contributed by atoms with van der Waals surface area (Å²) in [6.45, 7) is 0.294. The Hall–Kier alpha value is -2.06. The van der Waals surface area contributed by atoms with Gasteiger partial charge in [0.05, 0.1) is 5.56 Å². The fraction of sp³-hybridized carbons (Fsp3) is 0.0625. The lowest BCUT2D eigenvalue weighted by Gasteiger charge is -2.18. The highest BCUT2D eigenvalue weighted by molar-refractivity contribution is 6.30. The molecule has 2 aromatic carbocycles. The summed E-state index contributed by atoms with van der Waals surface area (Å²) in [6.07, 6.45) is 1.82. The Morgan fingerprint density at radius 2 is 1.95 bits per heavy atom. The van der Waals surface area contributed by atoms with E-state index in [0.717, 1.165) is 5.56 Å². The number of rotatable bonds is 1. The van der Waals surface area contributed by atoms with E-state index >= 15 is 0 Å². The second-order valence-corrected chi connectivity index (χ2v) is 4.77. The maximum atomic E-state index is 12.3. The number of hydrogen-bond acceptors (Lipinski definition) is 2. The third-order valence-electron chi connectivity index (χ3n) is 3.00. The summed E-state index contributed by atoms with van der Waals surface area (Å²) >= 11 is 5.93. The van der Waals surface area contributed by atoms with Crippen molar-refractivity contribution in [1.29, 1.82) is 0 Å². The van der Waals surface area contributed by atoms with E-state index in [1.54, 1.807) is 12.1 Å². The summed E-state index contributed by atoms with van der Waals surface area (Å²) in [5, 5.41) is 0.652. The van der Waals surface area contributed by atoms with Gasteiger partial charge in [-0.05, 0) is 35.9 Å². The molecule has 3 rings (SSSR count). The molecule has 0 spiro atoms. The van der Waals surface area contributed by atoms with Crippen LogP contribution >= 0.6 is 11.6 Å². The molecule has 0 aliphatic carbocycles. The topological polar surface area (TPSA) is 26.3 Å². The maximum absolute atomic E-state index is 12.3. The molecule has 0 radical (unpaired) electrons. The first-order valence-corrected chi connectivity index (χ1v) is 6.34. The Bertz CT molecular complexity index is 674. The molecule has 0 bridgehead atoms. The fourth-order valence-corrected chi connectivity index (χ4v) is 2.28. The zero-order chi connectivity index (χ0) is 13.2. The van der Waals surface area contributed by atoms with Crippen LogP contribution in [0, 0.1) is 0 Å². The standard InChI is InChI=1S/C16H11ClO2/c17-13-5-3-4-11(9-13)8-12-10-19-15-7-2-1-6-14(15)16(12)18/h1-9H,10H2. The van der Waals surface area contributed by atoms with Gasteiger partial charge in [0.15, 0.2) is 5.78 Å². The molecule has 0 saturated heterocycles. The lowest BCUT2D eigenvalue weighted by Crippen LogP contribution is -2.18. The van der Waals surface area contributed by atoms with Crippen molar-refractivity contribution in [1.82, 2.24) is 0 Å². The summed E-state index contributed by atoms with van der Waals surface area (Å²) in [5.41, 5.74) is 2.15. The monoisotopic (exact) mass is 270 g/mol. The molecule has 0 amide bonds. The molecule has 3 heteroatoms. The Morgan fingerprint density at radius 3 is 2.79 bits per heavy atom. The number of benzene rings is 2. The van der Waals surface area contributed by atoms with Gasteiger partial charge in [-0.3, -0.25) is 4.79 Å². The molecule has 2 aromatic rings. The van der Waals surface area contributed by atoms with E-state index in [2.05, 4.69) is 0 Å². The lowest BCUT2D eigenvalue weighted by atomic mass is 9.98. The van der Waals surface area contributed by atoms with Crippen LogP contribution in [0.2, 0.25) is 5.02 Å². The van der Waals surface area contributed by atoms with Crippen molar-refractivity contribution in [2.24, 2.45) is 0 Å². The van der Waals surface area contributed by atoms with E-state index in [-0.39, 0.29) is 5.78 Å². The van der Waals surface area contributed by atoms with Gasteiger partial charge in [0.2, 0.25) is 0 Å². The molecular weight excluding hydrogens is 260 g/mol. The van der Waals surface area contributed by atoms with Gasteiger partial charge < -0.3 is 4.74 Å². The van der Waals surface area contributed by atoms with Gasteiger partial charge in [-0.1, -0.05) is 35.9 Å². The summed E-state index contributed by atoms with van der Waals surface area (Å²) in [6, 6.07) is 14.7. The van der Waals surface area contributed by atoms with Crippen LogP contribution in [0.1, 0.15) is 15.9 Å². The number of ketones is 1. The highest BCUT2D eigenvalue weighted by atomic mass is 35.5. The van der Waals surface area contributed by atoms with Crippen molar-refractivity contribution in [2.45, 2.75) is 0 Å². The smallest absolute Gasteiger partial charge is 0.196 e. The third kappa shape index (κ3) is 2.40. The van der Waals surface area contributed by atoms with Crippen LogP contribution < -0.4 is 4.74 Å². The van der Waals surface area contributed by atoms with Crippen molar-refractivity contribution < 1.29 is 9.53 Å². The minimum Gasteiger partial charge on any atom is -0.488 e. The number of carbonyl (C=O) groups excluding carboxylic acids is 1. The summed E-state index contributed by atoms with van der Waals surface area (Å²) < 4.78 is 5.59. The molecule has 19 heavy (non-hydrogen) atoms. The van der Waals surface area contributed by atoms with E-state index in [1.807, 2.05) is 42.5 Å². The van der Waals surface area contributed by atoms with Crippen LogP contribution in [-0.2, 0) is 0 Å². The summed E-state index contributed by atoms with van der Waals surface area (Å²) in [5.74, 6) is 0.664. The second-order valence-electron chi connectivity index (χ2n) is 4.34. The quantitative estimate of drug-likeness (QED) is 0.732. The van der Waals surface area contributed by atoms with Crippen LogP contribution in [0.15, 0.2) is 54.1 Å². The van der Waals surface area contributed by atoms with Crippen molar-refractivity contribution in [3.05, 3.63) is 70.3 Å². The molecule has 1 aliphatic heterocycles. The van der Waals surface area contributed by atoms with Gasteiger partial charge in [-0.2, -0.15) is 0 Å². The van der Waals surface area contributed by atoms with Crippen molar-refractivity contribution >= 4 is 23.5 Å². The largest absolute Gasteiger partial charge is 0.488 e. The molecule has 0 atom stereocenters. The molecule has 0 fully saturated rings. The Morgan fingerprint density at radius 1 is 1.11 bits per heavy atom. The molecule has 0 saturated carbocycles. The molecule has 1 heterocycles. The fourth-order valence-electron chi connectivity index (χ4n) is 2.08. The maximum Gasteiger partial charge on any atom is 0.196 e. The van der Waals surface area contributed by atoms with Crippen molar-refractivity contribution in [3.8, 4) is 5.75 Å². The minimum absolute atomic E-state index is 0.0156.